The standard InChI is InChI=1S/C44H55ClFN3O7/c1-22-31-36(34(45)37(35(22)46)48-18-8-7-9-25(47)21-48)49(26-11-12-26)23(2)32(38(31)52)39(53)56-41(3,4)40(54)44(55)17-15-29-28-13-10-24-19-27(50)14-16-42(24,5)33(28)30(51)20-43(29,44)6/h14,16,19,25-26,28-30,33,51,55H,7-13,15,17-18,20-21,47H2,1-6H3/t25-,28+,29+,30+,33?,42+,43+,44+/m1/s1. The Hall–Kier alpha value is -3.38. The van der Waals surface area contributed by atoms with Gasteiger partial charge in [0.15, 0.2) is 17.2 Å². The highest BCUT2D eigenvalue weighted by atomic mass is 35.5. The first-order valence-electron chi connectivity index (χ1n) is 20.5. The number of Topliss-reactive ketones (excluding diaryl/α,β-unsaturated/α-hetero) is 1. The quantitative estimate of drug-likeness (QED) is 0.276. The average molecular weight is 792 g/mol. The summed E-state index contributed by atoms with van der Waals surface area (Å²) in [6.45, 7) is 11.0. The van der Waals surface area contributed by atoms with Crippen molar-refractivity contribution in [2.24, 2.45) is 34.3 Å². The van der Waals surface area contributed by atoms with Gasteiger partial charge in [-0.1, -0.05) is 43.5 Å². The summed E-state index contributed by atoms with van der Waals surface area (Å²) in [6.07, 6.45) is 10.7. The lowest BCUT2D eigenvalue weighted by Gasteiger charge is -2.59. The van der Waals surface area contributed by atoms with Crippen LogP contribution in [0.15, 0.2) is 28.6 Å². The minimum Gasteiger partial charge on any atom is -0.448 e. The molecule has 0 radical (unpaired) electrons. The Bertz CT molecular complexity index is 2190. The number of aliphatic hydroxyl groups excluding tert-OH is 1. The Morgan fingerprint density at radius 2 is 1.80 bits per heavy atom. The summed E-state index contributed by atoms with van der Waals surface area (Å²) in [5, 5.41) is 24.5. The zero-order chi connectivity index (χ0) is 40.4. The number of aliphatic hydroxyl groups is 2. The number of rotatable bonds is 6. The minimum absolute atomic E-state index is 0.00386. The van der Waals surface area contributed by atoms with E-state index < -0.39 is 51.1 Å². The summed E-state index contributed by atoms with van der Waals surface area (Å²) in [6, 6.07) is -0.226. The van der Waals surface area contributed by atoms with Gasteiger partial charge in [0, 0.05) is 53.2 Å². The van der Waals surface area contributed by atoms with E-state index in [0.29, 0.717) is 37.1 Å². The van der Waals surface area contributed by atoms with Crippen LogP contribution in [0.1, 0.15) is 120 Å². The number of fused-ring (bicyclic) bond motifs is 6. The summed E-state index contributed by atoms with van der Waals surface area (Å²) >= 11 is 7.10. The molecule has 1 aromatic carbocycles. The second-order valence-corrected chi connectivity index (χ2v) is 19.1. The smallest absolute Gasteiger partial charge is 0.344 e. The molecule has 0 spiro atoms. The van der Waals surface area contributed by atoms with Crippen LogP contribution in [0.3, 0.4) is 0 Å². The highest BCUT2D eigenvalue weighted by molar-refractivity contribution is 6.38. The molecule has 6 aliphatic rings. The van der Waals surface area contributed by atoms with Gasteiger partial charge >= 0.3 is 5.97 Å². The summed E-state index contributed by atoms with van der Waals surface area (Å²) < 4.78 is 24.3. The normalized spacial score (nSPS) is 34.4. The molecular weight excluding hydrogens is 737 g/mol. The first kappa shape index (κ1) is 39.4. The Balaban J connectivity index is 1.13. The van der Waals surface area contributed by atoms with E-state index in [0.717, 1.165) is 44.1 Å². The van der Waals surface area contributed by atoms with E-state index in [-0.39, 0.29) is 75.7 Å². The van der Waals surface area contributed by atoms with Crippen LogP contribution >= 0.6 is 11.6 Å². The molecule has 1 unspecified atom stereocenters. The molecule has 4 N–H and O–H groups in total. The van der Waals surface area contributed by atoms with Crippen molar-refractivity contribution < 1.29 is 33.7 Å². The van der Waals surface area contributed by atoms with E-state index in [1.165, 1.54) is 20.8 Å². The fourth-order valence-electron chi connectivity index (χ4n) is 12.1. The first-order valence-corrected chi connectivity index (χ1v) is 20.8. The van der Waals surface area contributed by atoms with E-state index in [2.05, 4.69) is 6.92 Å². The minimum atomic E-state index is -1.94. The Morgan fingerprint density at radius 1 is 1.09 bits per heavy atom. The molecule has 1 aromatic heterocycles. The van der Waals surface area contributed by atoms with Crippen LogP contribution in [0.5, 0.6) is 0 Å². The maximum absolute atomic E-state index is 16.5. The maximum Gasteiger partial charge on any atom is 0.344 e. The molecule has 56 heavy (non-hydrogen) atoms. The van der Waals surface area contributed by atoms with E-state index in [9.17, 15) is 29.4 Å². The van der Waals surface area contributed by atoms with Crippen molar-refractivity contribution in [2.45, 2.75) is 135 Å². The molecule has 2 aromatic rings. The molecule has 302 valence electrons. The predicted molar refractivity (Wildman–Crippen MR) is 212 cm³/mol. The summed E-state index contributed by atoms with van der Waals surface area (Å²) in [7, 11) is 0. The number of nitrogens with two attached hydrogens (primary N) is 1. The average Bonchev–Trinajstić information content (AvgIpc) is 3.95. The second kappa shape index (κ2) is 13.3. The summed E-state index contributed by atoms with van der Waals surface area (Å²) in [4.78, 5) is 57.7. The van der Waals surface area contributed by atoms with Gasteiger partial charge in [-0.05, 0) is 109 Å². The van der Waals surface area contributed by atoms with Crippen LogP contribution < -0.4 is 16.1 Å². The van der Waals surface area contributed by atoms with Gasteiger partial charge in [0.05, 0.1) is 27.7 Å². The number of aromatic nitrogens is 1. The van der Waals surface area contributed by atoms with Crippen molar-refractivity contribution in [3.05, 3.63) is 61.7 Å². The molecule has 2 heterocycles. The van der Waals surface area contributed by atoms with Crippen LogP contribution in [0, 0.1) is 48.2 Å². The number of allylic oxidation sites excluding steroid dienone is 4. The monoisotopic (exact) mass is 791 g/mol. The molecular formula is C44H55ClFN3O7. The molecule has 5 fully saturated rings. The van der Waals surface area contributed by atoms with E-state index >= 15 is 4.39 Å². The molecule has 8 rings (SSSR count). The summed E-state index contributed by atoms with van der Waals surface area (Å²) in [5.74, 6) is -2.71. The zero-order valence-electron chi connectivity index (χ0n) is 33.3. The number of halogens is 2. The van der Waals surface area contributed by atoms with Gasteiger partial charge in [0.1, 0.15) is 11.2 Å². The highest BCUT2D eigenvalue weighted by Gasteiger charge is 2.70. The summed E-state index contributed by atoms with van der Waals surface area (Å²) in [5.41, 5.74) is 1.96. The van der Waals surface area contributed by atoms with Crippen LogP contribution in [0.25, 0.3) is 10.9 Å². The number of nitrogens with zero attached hydrogens (tertiary/aromatic N) is 2. The van der Waals surface area contributed by atoms with Gasteiger partial charge in [-0.2, -0.15) is 0 Å². The predicted octanol–water partition coefficient (Wildman–Crippen LogP) is 6.58. The molecule has 1 saturated heterocycles. The Kier molecular flexibility index (Phi) is 9.39. The van der Waals surface area contributed by atoms with Gasteiger partial charge in [-0.25, -0.2) is 9.18 Å². The number of carbonyl (C=O) groups is 3. The number of aryl methyl sites for hydroxylation is 1. The van der Waals surface area contributed by atoms with Crippen molar-refractivity contribution >= 4 is 45.7 Å². The van der Waals surface area contributed by atoms with E-state index in [1.54, 1.807) is 19.1 Å². The SMILES string of the molecule is Cc1c(F)c(N2CCCC[C@@H](N)C2)c(Cl)c2c1c(=O)c(C(=O)OC(C)(C)C(=O)[C@@]1(O)CC[C@H]3[C@@H]4CCC5=CC(=O)C=C[C@]5(C)C4[C@@H](O)C[C@@]31C)c(C)n2C1CC1. The second-order valence-electron chi connectivity index (χ2n) is 18.8. The number of esters is 1. The van der Waals surface area contributed by atoms with Crippen LogP contribution in [-0.4, -0.2) is 68.8 Å². The van der Waals surface area contributed by atoms with E-state index in [4.69, 9.17) is 22.1 Å². The van der Waals surface area contributed by atoms with Crippen LogP contribution in [-0.2, 0) is 14.3 Å². The molecule has 5 aliphatic carbocycles. The third-order valence-corrected chi connectivity index (χ3v) is 15.4. The first-order chi connectivity index (χ1) is 26.3. The number of ketones is 2. The van der Waals surface area contributed by atoms with Crippen molar-refractivity contribution in [2.75, 3.05) is 18.0 Å². The van der Waals surface area contributed by atoms with Crippen LogP contribution in [0.2, 0.25) is 5.02 Å². The van der Waals surface area contributed by atoms with Crippen molar-refractivity contribution in [3.63, 3.8) is 0 Å². The fourth-order valence-corrected chi connectivity index (χ4v) is 12.5. The lowest BCUT2D eigenvalue weighted by Crippen LogP contribution is -2.64. The zero-order valence-corrected chi connectivity index (χ0v) is 34.1. The molecule has 12 heteroatoms. The number of hydrogen-bond acceptors (Lipinski definition) is 9. The molecule has 0 amide bonds. The lowest BCUT2D eigenvalue weighted by atomic mass is 9.46. The lowest BCUT2D eigenvalue weighted by molar-refractivity contribution is -0.188. The van der Waals surface area contributed by atoms with Crippen molar-refractivity contribution in [1.29, 1.82) is 0 Å². The number of anilines is 1. The molecule has 8 atom stereocenters. The third kappa shape index (κ3) is 5.64. The van der Waals surface area contributed by atoms with E-state index in [1.807, 2.05) is 22.5 Å². The van der Waals surface area contributed by atoms with Gasteiger partial charge in [0.25, 0.3) is 0 Å². The molecule has 1 aliphatic heterocycles. The number of carbonyl (C=O) groups excluding carboxylic acids is 3. The number of ether oxygens (including phenoxy) is 1. The molecule has 10 nitrogen and oxygen atoms in total. The molecule has 4 saturated carbocycles. The van der Waals surface area contributed by atoms with Crippen molar-refractivity contribution in [3.8, 4) is 0 Å². The fraction of sp³-hybridized carbons (Fsp3) is 0.636. The Labute approximate surface area is 332 Å². The Morgan fingerprint density at radius 3 is 2.50 bits per heavy atom. The third-order valence-electron chi connectivity index (χ3n) is 15.0. The van der Waals surface area contributed by atoms with Gasteiger partial charge in [0.2, 0.25) is 11.2 Å². The van der Waals surface area contributed by atoms with Gasteiger partial charge in [-0.15, -0.1) is 0 Å². The van der Waals surface area contributed by atoms with Gasteiger partial charge < -0.3 is 30.2 Å². The van der Waals surface area contributed by atoms with Crippen LogP contribution in [0.4, 0.5) is 10.1 Å². The van der Waals surface area contributed by atoms with Crippen molar-refractivity contribution in [1.82, 2.24) is 4.57 Å². The highest BCUT2D eigenvalue weighted by Crippen LogP contribution is 2.67. The number of benzene rings is 1. The van der Waals surface area contributed by atoms with Gasteiger partial charge in [-0.3, -0.25) is 14.4 Å². The maximum atomic E-state index is 16.5. The molecule has 0 bridgehead atoms. The number of pyridine rings is 1. The largest absolute Gasteiger partial charge is 0.448 e. The topological polar surface area (TPSA) is 152 Å². The number of hydrogen-bond donors (Lipinski definition) is 3.